The minimum absolute atomic E-state index is 0.245. The second-order valence-electron chi connectivity index (χ2n) is 15.2. The molecule has 2 aliphatic carbocycles. The van der Waals surface area contributed by atoms with Crippen LogP contribution in [0.25, 0.3) is 0 Å². The molecule has 0 bridgehead atoms. The van der Waals surface area contributed by atoms with Crippen molar-refractivity contribution >= 4 is 0 Å². The van der Waals surface area contributed by atoms with Gasteiger partial charge in [0.2, 0.25) is 0 Å². The maximum atomic E-state index is 6.00. The number of rotatable bonds is 35. The summed E-state index contributed by atoms with van der Waals surface area (Å²) in [6.45, 7) is 9.39. The molecule has 2 fully saturated rings. The molecule has 2 nitrogen and oxygen atoms in total. The van der Waals surface area contributed by atoms with Crippen molar-refractivity contribution in [2.45, 2.75) is 219 Å². The first-order valence-electron chi connectivity index (χ1n) is 20.4. The van der Waals surface area contributed by atoms with E-state index in [2.05, 4.69) is 20.8 Å². The monoisotopic (exact) mass is 605 g/mol. The van der Waals surface area contributed by atoms with Crippen molar-refractivity contribution in [3.63, 3.8) is 0 Å². The van der Waals surface area contributed by atoms with E-state index < -0.39 is 0 Å². The molecule has 0 aromatic carbocycles. The highest BCUT2D eigenvalue weighted by atomic mass is 16.5. The molecule has 0 N–H and O–H groups in total. The number of hydrogen-bond donors (Lipinski definition) is 0. The second-order valence-corrected chi connectivity index (χ2v) is 15.2. The Morgan fingerprint density at radius 3 is 1.14 bits per heavy atom. The molecular weight excluding hydrogens is 524 g/mol. The van der Waals surface area contributed by atoms with Crippen LogP contribution >= 0.6 is 0 Å². The van der Waals surface area contributed by atoms with Crippen LogP contribution < -0.4 is 0 Å². The molecule has 2 heteroatoms. The van der Waals surface area contributed by atoms with Crippen molar-refractivity contribution < 1.29 is 9.47 Å². The van der Waals surface area contributed by atoms with E-state index in [1.165, 1.54) is 180 Å². The van der Waals surface area contributed by atoms with Crippen LogP contribution in [0.15, 0.2) is 0 Å². The summed E-state index contributed by atoms with van der Waals surface area (Å²) < 4.78 is 11.9. The van der Waals surface area contributed by atoms with Gasteiger partial charge in [0, 0.05) is 13.2 Å². The number of hydrogen-bond acceptors (Lipinski definition) is 2. The van der Waals surface area contributed by atoms with E-state index in [0.717, 1.165) is 43.5 Å². The molecule has 5 unspecified atom stereocenters. The summed E-state index contributed by atoms with van der Waals surface area (Å²) in [4.78, 5) is 0. The van der Waals surface area contributed by atoms with Crippen molar-refractivity contribution in [3.8, 4) is 0 Å². The molecule has 0 spiro atoms. The number of ether oxygens (including phenoxy) is 2. The van der Waals surface area contributed by atoms with Crippen molar-refractivity contribution in [2.75, 3.05) is 19.8 Å². The van der Waals surface area contributed by atoms with Gasteiger partial charge < -0.3 is 9.47 Å². The second kappa shape index (κ2) is 28.2. The molecule has 0 aromatic rings. The zero-order valence-electron chi connectivity index (χ0n) is 30.0. The summed E-state index contributed by atoms with van der Waals surface area (Å²) in [6.07, 6.45) is 43.5. The average molecular weight is 605 g/mol. The maximum absolute atomic E-state index is 6.00. The zero-order valence-corrected chi connectivity index (χ0v) is 30.0. The fraction of sp³-hybridized carbons (Fsp3) is 1.00. The van der Waals surface area contributed by atoms with Crippen LogP contribution in [0, 0.1) is 23.7 Å². The Morgan fingerprint density at radius 2 is 0.744 bits per heavy atom. The van der Waals surface area contributed by atoms with Crippen LogP contribution in [-0.2, 0) is 9.47 Å². The van der Waals surface area contributed by atoms with Gasteiger partial charge in [-0.05, 0) is 56.3 Å². The normalized spacial score (nSPS) is 21.8. The first-order valence-corrected chi connectivity index (χ1v) is 20.4. The smallest absolute Gasteiger partial charge is 0.0780 e. The average Bonchev–Trinajstić information content (AvgIpc) is 3.94. The third-order valence-electron chi connectivity index (χ3n) is 10.8. The van der Waals surface area contributed by atoms with Crippen LogP contribution in [0.4, 0.5) is 0 Å². The van der Waals surface area contributed by atoms with E-state index in [-0.39, 0.29) is 6.10 Å². The van der Waals surface area contributed by atoms with Crippen LogP contribution in [0.3, 0.4) is 0 Å². The van der Waals surface area contributed by atoms with Gasteiger partial charge in [-0.25, -0.2) is 0 Å². The van der Waals surface area contributed by atoms with E-state index in [1.807, 2.05) is 0 Å². The molecular formula is C41H80O2. The Kier molecular flexibility index (Phi) is 25.6. The van der Waals surface area contributed by atoms with Crippen LogP contribution in [0.1, 0.15) is 213 Å². The van der Waals surface area contributed by atoms with Gasteiger partial charge in [0.15, 0.2) is 0 Å². The molecule has 0 aromatic heterocycles. The lowest BCUT2D eigenvalue weighted by molar-refractivity contribution is -0.00869. The van der Waals surface area contributed by atoms with Crippen LogP contribution in [0.2, 0.25) is 0 Å². The van der Waals surface area contributed by atoms with E-state index in [0.29, 0.717) is 0 Å². The molecule has 5 atom stereocenters. The van der Waals surface area contributed by atoms with E-state index in [4.69, 9.17) is 9.47 Å². The maximum Gasteiger partial charge on any atom is 0.0780 e. The highest BCUT2D eigenvalue weighted by molar-refractivity contribution is 4.86. The largest absolute Gasteiger partial charge is 0.379 e. The Morgan fingerprint density at radius 1 is 0.419 bits per heavy atom. The molecule has 256 valence electrons. The Labute approximate surface area is 272 Å². The highest BCUT2D eigenvalue weighted by Crippen LogP contribution is 2.46. The van der Waals surface area contributed by atoms with Gasteiger partial charge in [-0.3, -0.25) is 0 Å². The predicted octanol–water partition coefficient (Wildman–Crippen LogP) is 13.6. The van der Waals surface area contributed by atoms with Crippen molar-refractivity contribution in [2.24, 2.45) is 23.7 Å². The van der Waals surface area contributed by atoms with E-state index in [9.17, 15) is 0 Å². The SMILES string of the molecule is CCCCCCCCC1CC1CCCCCCCCOCC(C)OCCCCCCCCC1CC1CCCCCCCC. The summed E-state index contributed by atoms with van der Waals surface area (Å²) in [5.41, 5.74) is 0. The lowest BCUT2D eigenvalue weighted by Gasteiger charge is -2.13. The molecule has 2 saturated carbocycles. The molecule has 0 aliphatic heterocycles. The van der Waals surface area contributed by atoms with Gasteiger partial charge in [0.25, 0.3) is 0 Å². The quantitative estimate of drug-likeness (QED) is 0.0670. The molecule has 43 heavy (non-hydrogen) atoms. The molecule has 2 aliphatic rings. The molecule has 2 rings (SSSR count). The molecule has 0 radical (unpaired) electrons. The first-order chi connectivity index (χ1) is 21.2. The Balaban J connectivity index is 1.20. The van der Waals surface area contributed by atoms with Crippen molar-refractivity contribution in [1.82, 2.24) is 0 Å². The molecule has 0 amide bonds. The third kappa shape index (κ3) is 23.9. The summed E-state index contributed by atoms with van der Waals surface area (Å²) >= 11 is 0. The van der Waals surface area contributed by atoms with Crippen LogP contribution in [0.5, 0.6) is 0 Å². The van der Waals surface area contributed by atoms with Gasteiger partial charge in [-0.15, -0.1) is 0 Å². The predicted molar refractivity (Wildman–Crippen MR) is 190 cm³/mol. The van der Waals surface area contributed by atoms with Crippen LogP contribution in [-0.4, -0.2) is 25.9 Å². The van der Waals surface area contributed by atoms with Gasteiger partial charge in [-0.1, -0.05) is 181 Å². The number of unbranched alkanes of at least 4 members (excludes halogenated alkanes) is 20. The lowest BCUT2D eigenvalue weighted by atomic mass is 10.0. The minimum Gasteiger partial charge on any atom is -0.379 e. The highest BCUT2D eigenvalue weighted by Gasteiger charge is 2.35. The topological polar surface area (TPSA) is 18.5 Å². The molecule has 0 heterocycles. The van der Waals surface area contributed by atoms with E-state index >= 15 is 0 Å². The minimum atomic E-state index is 0.245. The summed E-state index contributed by atoms with van der Waals surface area (Å²) in [7, 11) is 0. The van der Waals surface area contributed by atoms with Crippen molar-refractivity contribution in [3.05, 3.63) is 0 Å². The summed E-state index contributed by atoms with van der Waals surface area (Å²) in [5, 5.41) is 0. The fourth-order valence-electron chi connectivity index (χ4n) is 7.52. The van der Waals surface area contributed by atoms with Gasteiger partial charge in [0.1, 0.15) is 0 Å². The Bertz CT molecular complexity index is 576. The first kappa shape index (κ1) is 39.1. The van der Waals surface area contributed by atoms with Crippen molar-refractivity contribution in [1.29, 1.82) is 0 Å². The van der Waals surface area contributed by atoms with Gasteiger partial charge in [0.05, 0.1) is 12.7 Å². The fourth-order valence-corrected chi connectivity index (χ4v) is 7.52. The lowest BCUT2D eigenvalue weighted by Crippen LogP contribution is -2.17. The standard InChI is InChI=1S/C41H80O2/c1-4-6-8-10-16-22-28-38-34-40(38)30-24-18-12-14-20-26-32-42-36-37(3)43-33-27-21-15-13-19-25-31-41-35-39(41)29-23-17-11-9-7-5-2/h37-41H,4-36H2,1-3H3. The van der Waals surface area contributed by atoms with E-state index in [1.54, 1.807) is 12.8 Å². The third-order valence-corrected chi connectivity index (χ3v) is 10.8. The Hall–Kier alpha value is -0.0800. The molecule has 0 saturated heterocycles. The van der Waals surface area contributed by atoms with Gasteiger partial charge >= 0.3 is 0 Å². The van der Waals surface area contributed by atoms with Gasteiger partial charge in [-0.2, -0.15) is 0 Å². The summed E-state index contributed by atoms with van der Waals surface area (Å²) in [6, 6.07) is 0. The summed E-state index contributed by atoms with van der Waals surface area (Å²) in [5.74, 6) is 4.41. The zero-order chi connectivity index (χ0) is 30.6.